The molecule has 2 heterocycles. The Morgan fingerprint density at radius 2 is 2.07 bits per heavy atom. The molecule has 0 saturated carbocycles. The van der Waals surface area contributed by atoms with Crippen LogP contribution in [0.4, 0.5) is 0 Å². The van der Waals surface area contributed by atoms with Crippen LogP contribution in [0.15, 0.2) is 36.8 Å². The highest BCUT2D eigenvalue weighted by Gasteiger charge is 2.31. The molecule has 1 amide bonds. The molecule has 0 bridgehead atoms. The number of hydrogen-bond acceptors (Lipinski definition) is 6. The Morgan fingerprint density at radius 1 is 1.32 bits per heavy atom. The van der Waals surface area contributed by atoms with Gasteiger partial charge in [-0.05, 0) is 38.5 Å². The number of hydrogen-bond donors (Lipinski definition) is 2. The van der Waals surface area contributed by atoms with E-state index in [1.807, 2.05) is 19.1 Å². The molecular formula is C18H22N6O3S. The molecule has 3 rings (SSSR count). The van der Waals surface area contributed by atoms with Gasteiger partial charge in [-0.15, -0.1) is 5.10 Å². The first-order valence-electron chi connectivity index (χ1n) is 8.59. The Kier molecular flexibility index (Phi) is 5.07. The highest BCUT2D eigenvalue weighted by Crippen LogP contribution is 2.20. The van der Waals surface area contributed by atoms with Gasteiger partial charge in [0, 0.05) is 24.6 Å². The highest BCUT2D eigenvalue weighted by molar-refractivity contribution is 7.92. The number of nitrogens with one attached hydrogen (secondary N) is 2. The largest absolute Gasteiger partial charge is 0.350 e. The molecular weight excluding hydrogens is 380 g/mol. The molecule has 0 aliphatic carbocycles. The van der Waals surface area contributed by atoms with Gasteiger partial charge < -0.3 is 5.32 Å². The Bertz CT molecular complexity index is 1100. The van der Waals surface area contributed by atoms with Crippen molar-refractivity contribution in [1.82, 2.24) is 30.5 Å². The maximum Gasteiger partial charge on any atom is 0.253 e. The van der Waals surface area contributed by atoms with Crippen LogP contribution in [0.3, 0.4) is 0 Å². The average Bonchev–Trinajstić information content (AvgIpc) is 3.29. The molecule has 3 aromatic rings. The van der Waals surface area contributed by atoms with Gasteiger partial charge in [-0.3, -0.25) is 9.89 Å². The van der Waals surface area contributed by atoms with E-state index in [2.05, 4.69) is 25.8 Å². The van der Waals surface area contributed by atoms with E-state index in [1.165, 1.54) is 4.68 Å². The second-order valence-electron chi connectivity index (χ2n) is 7.27. The normalized spacial score (nSPS) is 12.1. The lowest BCUT2D eigenvalue weighted by atomic mass is 10.1. The van der Waals surface area contributed by atoms with Gasteiger partial charge in [-0.1, -0.05) is 11.3 Å². The highest BCUT2D eigenvalue weighted by atomic mass is 32.2. The van der Waals surface area contributed by atoms with Gasteiger partial charge in [-0.25, -0.2) is 13.1 Å². The zero-order valence-corrected chi connectivity index (χ0v) is 16.9. The van der Waals surface area contributed by atoms with Gasteiger partial charge in [0.25, 0.3) is 5.91 Å². The lowest BCUT2D eigenvalue weighted by Crippen LogP contribution is -2.43. The van der Waals surface area contributed by atoms with Crippen molar-refractivity contribution < 1.29 is 13.2 Å². The predicted octanol–water partition coefficient (Wildman–Crippen LogP) is 1.52. The van der Waals surface area contributed by atoms with Crippen LogP contribution in [-0.2, 0) is 9.84 Å². The first kappa shape index (κ1) is 19.7. The summed E-state index contributed by atoms with van der Waals surface area (Å²) >= 11 is 0. The van der Waals surface area contributed by atoms with E-state index in [-0.39, 0.29) is 12.5 Å². The van der Waals surface area contributed by atoms with E-state index in [9.17, 15) is 13.2 Å². The second kappa shape index (κ2) is 7.19. The molecule has 0 aliphatic rings. The van der Waals surface area contributed by atoms with Crippen LogP contribution < -0.4 is 5.32 Å². The van der Waals surface area contributed by atoms with Gasteiger partial charge >= 0.3 is 0 Å². The van der Waals surface area contributed by atoms with E-state index in [4.69, 9.17) is 0 Å². The molecule has 0 aliphatic heterocycles. The molecule has 2 N–H and O–H groups in total. The number of aryl methyl sites for hydroxylation is 1. The first-order valence-corrected chi connectivity index (χ1v) is 10.5. The number of benzene rings is 1. The first-order chi connectivity index (χ1) is 13.1. The fourth-order valence-electron chi connectivity index (χ4n) is 2.45. The van der Waals surface area contributed by atoms with Crippen molar-refractivity contribution in [3.63, 3.8) is 0 Å². The lowest BCUT2D eigenvalue weighted by Gasteiger charge is -2.23. The molecule has 0 fully saturated rings. The van der Waals surface area contributed by atoms with Crippen LogP contribution in [0.5, 0.6) is 0 Å². The van der Waals surface area contributed by atoms with Crippen molar-refractivity contribution >= 4 is 15.7 Å². The van der Waals surface area contributed by atoms with E-state index < -0.39 is 14.6 Å². The number of nitrogens with zero attached hydrogens (tertiary/aromatic N) is 4. The maximum atomic E-state index is 12.8. The Balaban J connectivity index is 1.90. The monoisotopic (exact) mass is 402 g/mol. The Morgan fingerprint density at radius 3 is 2.71 bits per heavy atom. The van der Waals surface area contributed by atoms with E-state index in [1.54, 1.807) is 38.5 Å². The summed E-state index contributed by atoms with van der Waals surface area (Å²) in [6.07, 6.45) is 6.19. The molecule has 0 atom stereocenters. The van der Waals surface area contributed by atoms with Crippen LogP contribution in [-0.4, -0.2) is 57.1 Å². The third kappa shape index (κ3) is 3.96. The van der Waals surface area contributed by atoms with Gasteiger partial charge in [0.2, 0.25) is 0 Å². The van der Waals surface area contributed by atoms with Crippen molar-refractivity contribution in [3.05, 3.63) is 47.9 Å². The number of carbonyl (C=O) groups is 1. The predicted molar refractivity (Wildman–Crippen MR) is 105 cm³/mol. The van der Waals surface area contributed by atoms with Crippen molar-refractivity contribution in [3.8, 4) is 16.9 Å². The SMILES string of the molecule is Cc1ccc(C(=O)NCC(C)(C)S(C)(=O)=O)c(-n2cc(-c3cn[nH]c3)nn2)c1. The topological polar surface area (TPSA) is 123 Å². The number of aromatic amines is 1. The van der Waals surface area contributed by atoms with Crippen LogP contribution in [0.1, 0.15) is 29.8 Å². The minimum Gasteiger partial charge on any atom is -0.350 e. The molecule has 10 heteroatoms. The summed E-state index contributed by atoms with van der Waals surface area (Å²) in [6.45, 7) is 5.06. The average molecular weight is 402 g/mol. The summed E-state index contributed by atoms with van der Waals surface area (Å²) in [4.78, 5) is 12.8. The van der Waals surface area contributed by atoms with E-state index in [0.717, 1.165) is 17.4 Å². The molecule has 1 aromatic carbocycles. The summed E-state index contributed by atoms with van der Waals surface area (Å²) in [5.41, 5.74) is 3.26. The fraction of sp³-hybridized carbons (Fsp3) is 0.333. The summed E-state index contributed by atoms with van der Waals surface area (Å²) < 4.78 is 24.2. The summed E-state index contributed by atoms with van der Waals surface area (Å²) in [5.74, 6) is -0.382. The molecule has 28 heavy (non-hydrogen) atoms. The molecule has 9 nitrogen and oxygen atoms in total. The third-order valence-electron chi connectivity index (χ3n) is 4.61. The second-order valence-corrected chi connectivity index (χ2v) is 9.92. The van der Waals surface area contributed by atoms with Crippen molar-refractivity contribution in [2.75, 3.05) is 12.8 Å². The molecule has 148 valence electrons. The zero-order valence-electron chi connectivity index (χ0n) is 16.1. The third-order valence-corrected chi connectivity index (χ3v) is 6.76. The molecule has 2 aromatic heterocycles. The molecule has 0 saturated heterocycles. The Hall–Kier alpha value is -3.01. The standard InChI is InChI=1S/C18H22N6O3S/c1-12-5-6-14(17(25)19-11-18(2,3)28(4,26)27)16(7-12)24-10-15(22-23-24)13-8-20-21-9-13/h5-10H,11H2,1-4H3,(H,19,25)(H,20,21). The van der Waals surface area contributed by atoms with E-state index in [0.29, 0.717) is 16.9 Å². The summed E-state index contributed by atoms with van der Waals surface area (Å²) in [7, 11) is -3.32. The van der Waals surface area contributed by atoms with Crippen LogP contribution in [0, 0.1) is 6.92 Å². The van der Waals surface area contributed by atoms with Crippen molar-refractivity contribution in [2.24, 2.45) is 0 Å². The summed E-state index contributed by atoms with van der Waals surface area (Å²) in [6, 6.07) is 5.32. The van der Waals surface area contributed by atoms with Crippen LogP contribution in [0.2, 0.25) is 0 Å². The van der Waals surface area contributed by atoms with Gasteiger partial charge in [0.1, 0.15) is 5.69 Å². The molecule has 0 radical (unpaired) electrons. The number of amides is 1. The number of H-pyrrole nitrogens is 1. The summed E-state index contributed by atoms with van der Waals surface area (Å²) in [5, 5.41) is 17.6. The number of rotatable bonds is 6. The molecule has 0 unspecified atom stereocenters. The lowest BCUT2D eigenvalue weighted by molar-refractivity contribution is 0.0950. The maximum absolute atomic E-state index is 12.8. The van der Waals surface area contributed by atoms with Gasteiger partial charge in [0.15, 0.2) is 9.84 Å². The van der Waals surface area contributed by atoms with E-state index >= 15 is 0 Å². The number of sulfone groups is 1. The minimum absolute atomic E-state index is 0.00436. The zero-order chi connectivity index (χ0) is 20.5. The number of carbonyl (C=O) groups excluding carboxylic acids is 1. The van der Waals surface area contributed by atoms with Crippen molar-refractivity contribution in [2.45, 2.75) is 25.5 Å². The van der Waals surface area contributed by atoms with Gasteiger partial charge in [-0.2, -0.15) is 5.10 Å². The van der Waals surface area contributed by atoms with Crippen LogP contribution in [0.25, 0.3) is 16.9 Å². The van der Waals surface area contributed by atoms with Crippen LogP contribution >= 0.6 is 0 Å². The molecule has 0 spiro atoms. The number of aromatic nitrogens is 5. The Labute approximate surface area is 163 Å². The van der Waals surface area contributed by atoms with Gasteiger partial charge in [0.05, 0.1) is 28.4 Å². The van der Waals surface area contributed by atoms with Crippen molar-refractivity contribution in [1.29, 1.82) is 0 Å². The fourth-order valence-corrected chi connectivity index (χ4v) is 2.78. The quantitative estimate of drug-likeness (QED) is 0.644. The minimum atomic E-state index is -3.32. The smallest absolute Gasteiger partial charge is 0.253 e.